The Bertz CT molecular complexity index is 2390. The highest BCUT2D eigenvalue weighted by atomic mass is 32.1. The first kappa shape index (κ1) is 21.2. The smallest absolute Gasteiger partial charge is 0.0362 e. The molecule has 0 nitrogen and oxygen atoms in total. The summed E-state index contributed by atoms with van der Waals surface area (Å²) in [5.74, 6) is 0. The van der Waals surface area contributed by atoms with E-state index in [1.165, 1.54) is 85.5 Å². The minimum absolute atomic E-state index is 1.26. The molecule has 0 aliphatic heterocycles. The number of thiophene rings is 1. The van der Waals surface area contributed by atoms with Crippen molar-refractivity contribution >= 4 is 74.6 Å². The van der Waals surface area contributed by atoms with Gasteiger partial charge in [-0.25, -0.2) is 0 Å². The van der Waals surface area contributed by atoms with E-state index in [0.29, 0.717) is 0 Å². The lowest BCUT2D eigenvalue weighted by Gasteiger charge is -2.12. The summed E-state index contributed by atoms with van der Waals surface area (Å²) in [5, 5.41) is 13.2. The molecular formula is C38H22S. The zero-order valence-electron chi connectivity index (χ0n) is 21.1. The molecule has 1 heterocycles. The fourth-order valence-electron chi connectivity index (χ4n) is 6.57. The van der Waals surface area contributed by atoms with Crippen LogP contribution in [0.1, 0.15) is 0 Å². The van der Waals surface area contributed by atoms with E-state index < -0.39 is 0 Å². The molecular weight excluding hydrogens is 488 g/mol. The number of benzene rings is 8. The summed E-state index contributed by atoms with van der Waals surface area (Å²) in [6, 6.07) is 49.5. The molecule has 0 spiro atoms. The lowest BCUT2D eigenvalue weighted by Crippen LogP contribution is -1.86. The first-order chi connectivity index (χ1) is 19.3. The molecule has 0 amide bonds. The average Bonchev–Trinajstić information content (AvgIpc) is 3.39. The number of fused-ring (bicyclic) bond motifs is 4. The van der Waals surface area contributed by atoms with Gasteiger partial charge in [-0.3, -0.25) is 0 Å². The third-order valence-corrected chi connectivity index (χ3v) is 9.53. The molecule has 0 bridgehead atoms. The van der Waals surface area contributed by atoms with E-state index in [-0.39, 0.29) is 0 Å². The van der Waals surface area contributed by atoms with Crippen molar-refractivity contribution in [3.63, 3.8) is 0 Å². The van der Waals surface area contributed by atoms with Gasteiger partial charge in [0.05, 0.1) is 0 Å². The van der Waals surface area contributed by atoms with E-state index in [1.807, 2.05) is 11.3 Å². The van der Waals surface area contributed by atoms with Crippen molar-refractivity contribution in [2.75, 3.05) is 0 Å². The summed E-state index contributed by atoms with van der Waals surface area (Å²) >= 11 is 1.90. The maximum Gasteiger partial charge on any atom is 0.0362 e. The van der Waals surface area contributed by atoms with Gasteiger partial charge in [0.25, 0.3) is 0 Å². The quantitative estimate of drug-likeness (QED) is 0.203. The number of rotatable bonds is 2. The third-order valence-electron chi connectivity index (χ3n) is 8.41. The van der Waals surface area contributed by atoms with Gasteiger partial charge in [0.15, 0.2) is 0 Å². The number of hydrogen-bond acceptors (Lipinski definition) is 1. The van der Waals surface area contributed by atoms with Gasteiger partial charge in [-0.05, 0) is 89.6 Å². The predicted molar refractivity (Wildman–Crippen MR) is 171 cm³/mol. The Labute approximate surface area is 229 Å². The van der Waals surface area contributed by atoms with Crippen molar-refractivity contribution in [1.82, 2.24) is 0 Å². The molecule has 0 saturated carbocycles. The minimum Gasteiger partial charge on any atom is -0.135 e. The van der Waals surface area contributed by atoms with Gasteiger partial charge in [0, 0.05) is 20.2 Å². The molecule has 0 unspecified atom stereocenters. The van der Waals surface area contributed by atoms with Gasteiger partial charge >= 0.3 is 0 Å². The standard InChI is InChI=1S/C38H22S/c1-2-7-29-24(5-1)15-17-33-30(8-4-9-32(29)33)26-13-11-23-12-14-27(22-28(23)21-26)31-19-20-36-38-34(31)18-16-25-6-3-10-35(39-36)37(25)38/h1-22H. The third kappa shape index (κ3) is 3.05. The molecule has 39 heavy (non-hydrogen) atoms. The lowest BCUT2D eigenvalue weighted by atomic mass is 9.91. The lowest BCUT2D eigenvalue weighted by molar-refractivity contribution is 1.67. The van der Waals surface area contributed by atoms with E-state index in [0.717, 1.165) is 0 Å². The first-order valence-corrected chi connectivity index (χ1v) is 14.2. The van der Waals surface area contributed by atoms with E-state index in [2.05, 4.69) is 133 Å². The molecule has 180 valence electrons. The van der Waals surface area contributed by atoms with Crippen LogP contribution in [-0.2, 0) is 0 Å². The average molecular weight is 511 g/mol. The Balaban J connectivity index is 1.24. The van der Waals surface area contributed by atoms with Crippen molar-refractivity contribution in [3.8, 4) is 22.3 Å². The predicted octanol–water partition coefficient (Wildman–Crippen LogP) is 11.4. The molecule has 9 aromatic rings. The molecule has 0 radical (unpaired) electrons. The van der Waals surface area contributed by atoms with Crippen molar-refractivity contribution in [2.24, 2.45) is 0 Å². The van der Waals surface area contributed by atoms with Crippen LogP contribution in [0.3, 0.4) is 0 Å². The zero-order chi connectivity index (χ0) is 25.5. The summed E-state index contributed by atoms with van der Waals surface area (Å²) in [6.45, 7) is 0. The molecule has 8 aromatic carbocycles. The van der Waals surface area contributed by atoms with Crippen LogP contribution in [0.25, 0.3) is 85.5 Å². The van der Waals surface area contributed by atoms with Gasteiger partial charge in [0.2, 0.25) is 0 Å². The van der Waals surface area contributed by atoms with Gasteiger partial charge in [-0.2, -0.15) is 0 Å². The highest BCUT2D eigenvalue weighted by Gasteiger charge is 2.15. The normalized spacial score (nSPS) is 12.1. The van der Waals surface area contributed by atoms with Gasteiger partial charge in [-0.1, -0.05) is 109 Å². The molecule has 0 aliphatic rings. The fraction of sp³-hybridized carbons (Fsp3) is 0. The Morgan fingerprint density at radius 3 is 1.90 bits per heavy atom. The molecule has 0 atom stereocenters. The highest BCUT2D eigenvalue weighted by molar-refractivity contribution is 7.26. The fourth-order valence-corrected chi connectivity index (χ4v) is 7.73. The van der Waals surface area contributed by atoms with Crippen molar-refractivity contribution in [3.05, 3.63) is 133 Å². The Hall–Kier alpha value is -4.72. The molecule has 0 aliphatic carbocycles. The monoisotopic (exact) mass is 510 g/mol. The van der Waals surface area contributed by atoms with E-state index in [1.54, 1.807) is 0 Å². The maximum absolute atomic E-state index is 2.37. The molecule has 1 aromatic heterocycles. The van der Waals surface area contributed by atoms with Crippen LogP contribution < -0.4 is 0 Å². The van der Waals surface area contributed by atoms with Gasteiger partial charge in [-0.15, -0.1) is 11.3 Å². The van der Waals surface area contributed by atoms with Crippen molar-refractivity contribution in [1.29, 1.82) is 0 Å². The zero-order valence-corrected chi connectivity index (χ0v) is 21.9. The Morgan fingerprint density at radius 1 is 0.333 bits per heavy atom. The van der Waals surface area contributed by atoms with Crippen LogP contribution in [0.15, 0.2) is 133 Å². The SMILES string of the molecule is c1ccc2c(c1)ccc1c(-c3ccc4ccc(-c5ccc6sc7cccc8ccc5c6c87)cc4c3)cccc12. The van der Waals surface area contributed by atoms with E-state index in [4.69, 9.17) is 0 Å². The molecule has 0 fully saturated rings. The molecule has 9 rings (SSSR count). The summed E-state index contributed by atoms with van der Waals surface area (Å²) in [7, 11) is 0. The summed E-state index contributed by atoms with van der Waals surface area (Å²) in [4.78, 5) is 0. The van der Waals surface area contributed by atoms with Crippen molar-refractivity contribution < 1.29 is 0 Å². The van der Waals surface area contributed by atoms with Crippen LogP contribution in [0, 0.1) is 0 Å². The topological polar surface area (TPSA) is 0 Å². The van der Waals surface area contributed by atoms with Crippen LogP contribution in [-0.4, -0.2) is 0 Å². The summed E-state index contributed by atoms with van der Waals surface area (Å²) < 4.78 is 2.74. The molecule has 0 N–H and O–H groups in total. The molecule has 1 heteroatoms. The van der Waals surface area contributed by atoms with Gasteiger partial charge < -0.3 is 0 Å². The second-order valence-electron chi connectivity index (χ2n) is 10.5. The summed E-state index contributed by atoms with van der Waals surface area (Å²) in [5.41, 5.74) is 5.11. The van der Waals surface area contributed by atoms with Crippen LogP contribution in [0.4, 0.5) is 0 Å². The second-order valence-corrected chi connectivity index (χ2v) is 11.6. The van der Waals surface area contributed by atoms with Crippen LogP contribution in [0.5, 0.6) is 0 Å². The first-order valence-electron chi connectivity index (χ1n) is 13.4. The minimum atomic E-state index is 1.26. The van der Waals surface area contributed by atoms with Crippen LogP contribution in [0.2, 0.25) is 0 Å². The van der Waals surface area contributed by atoms with E-state index >= 15 is 0 Å². The second kappa shape index (κ2) is 7.89. The summed E-state index contributed by atoms with van der Waals surface area (Å²) in [6.07, 6.45) is 0. The maximum atomic E-state index is 2.37. The van der Waals surface area contributed by atoms with Crippen LogP contribution >= 0.6 is 11.3 Å². The Kier molecular flexibility index (Phi) is 4.30. The molecule has 0 saturated heterocycles. The van der Waals surface area contributed by atoms with Gasteiger partial charge in [0.1, 0.15) is 0 Å². The Morgan fingerprint density at radius 2 is 1.00 bits per heavy atom. The van der Waals surface area contributed by atoms with Crippen molar-refractivity contribution in [2.45, 2.75) is 0 Å². The largest absolute Gasteiger partial charge is 0.135 e. The number of hydrogen-bond donors (Lipinski definition) is 0. The highest BCUT2D eigenvalue weighted by Crippen LogP contribution is 2.44. The van der Waals surface area contributed by atoms with E-state index in [9.17, 15) is 0 Å².